The zero-order valence-electron chi connectivity index (χ0n) is 10.4. The standard InChI is InChI=1S/C11H7Cl3F3N3OS/c12-11(13,14)20-9(21)19(8(5-22)18-20)7-3-1-6(2-4-7)10(15,16)17/h1-5,8,18H. The summed E-state index contributed by atoms with van der Waals surface area (Å²) in [6.07, 6.45) is -5.31. The van der Waals surface area contributed by atoms with Gasteiger partial charge in [-0.1, -0.05) is 47.0 Å². The van der Waals surface area contributed by atoms with Gasteiger partial charge in [0.05, 0.1) is 5.56 Å². The van der Waals surface area contributed by atoms with E-state index in [1.807, 2.05) is 0 Å². The summed E-state index contributed by atoms with van der Waals surface area (Å²) in [6.45, 7) is 0. The van der Waals surface area contributed by atoms with E-state index < -0.39 is 27.9 Å². The van der Waals surface area contributed by atoms with Crippen molar-refractivity contribution in [3.05, 3.63) is 29.8 Å². The van der Waals surface area contributed by atoms with Gasteiger partial charge in [-0.05, 0) is 24.3 Å². The van der Waals surface area contributed by atoms with Crippen LogP contribution in [0.25, 0.3) is 0 Å². The number of hydrogen-bond donors (Lipinski definition) is 1. The van der Waals surface area contributed by atoms with Gasteiger partial charge in [0.2, 0.25) is 0 Å². The summed E-state index contributed by atoms with van der Waals surface area (Å²) in [6, 6.07) is 3.21. The molecule has 4 nitrogen and oxygen atoms in total. The van der Waals surface area contributed by atoms with Gasteiger partial charge >= 0.3 is 12.2 Å². The monoisotopic (exact) mass is 391 g/mol. The second-order valence-corrected chi connectivity index (χ2v) is 6.70. The third-order valence-electron chi connectivity index (χ3n) is 2.79. The summed E-state index contributed by atoms with van der Waals surface area (Å²) in [4.78, 5) is 13.3. The van der Waals surface area contributed by atoms with Crippen LogP contribution in [0.3, 0.4) is 0 Å². The molecule has 0 aromatic heterocycles. The van der Waals surface area contributed by atoms with Gasteiger partial charge in [-0.15, -0.1) is 0 Å². The molecule has 22 heavy (non-hydrogen) atoms. The zero-order valence-corrected chi connectivity index (χ0v) is 13.5. The number of carbonyl (C=O) groups is 1. The Morgan fingerprint density at radius 1 is 1.18 bits per heavy atom. The molecule has 2 rings (SSSR count). The molecular formula is C11H7Cl3F3N3OS. The van der Waals surface area contributed by atoms with E-state index >= 15 is 0 Å². The van der Waals surface area contributed by atoms with Gasteiger partial charge in [0.15, 0.2) is 0 Å². The maximum atomic E-state index is 12.6. The van der Waals surface area contributed by atoms with E-state index in [1.54, 1.807) is 0 Å². The first-order valence-electron chi connectivity index (χ1n) is 5.64. The SMILES string of the molecule is O=C1N(c2ccc(C(F)(F)F)cc2)C(C=S)NN1C(Cl)(Cl)Cl. The maximum absolute atomic E-state index is 12.6. The minimum Gasteiger partial charge on any atom is -0.271 e. The molecule has 0 spiro atoms. The first-order chi connectivity index (χ1) is 10.1. The quantitative estimate of drug-likeness (QED) is 0.467. The van der Waals surface area contributed by atoms with Crippen LogP contribution in [0.1, 0.15) is 5.56 Å². The molecule has 0 radical (unpaired) electrons. The fraction of sp³-hybridized carbons (Fsp3) is 0.273. The van der Waals surface area contributed by atoms with Crippen molar-refractivity contribution in [2.45, 2.75) is 16.3 Å². The van der Waals surface area contributed by atoms with E-state index in [0.717, 1.165) is 29.2 Å². The number of thiocarbonyl (C=S) groups is 1. The second kappa shape index (κ2) is 6.01. The molecule has 11 heteroatoms. The van der Waals surface area contributed by atoms with Crippen LogP contribution in [0.5, 0.6) is 0 Å². The number of alkyl halides is 6. The van der Waals surface area contributed by atoms with Crippen molar-refractivity contribution in [1.82, 2.24) is 10.4 Å². The Morgan fingerprint density at radius 3 is 2.14 bits per heavy atom. The Labute approximate surface area is 143 Å². The molecule has 1 saturated heterocycles. The maximum Gasteiger partial charge on any atom is 0.416 e. The number of halogens is 6. The third-order valence-corrected chi connectivity index (χ3v) is 3.56. The Bertz CT molecular complexity index is 591. The molecule has 120 valence electrons. The van der Waals surface area contributed by atoms with Crippen molar-refractivity contribution in [2.24, 2.45) is 0 Å². The van der Waals surface area contributed by atoms with Crippen LogP contribution in [0.15, 0.2) is 24.3 Å². The molecule has 1 fully saturated rings. The number of nitrogens with one attached hydrogen (secondary N) is 1. The highest BCUT2D eigenvalue weighted by Gasteiger charge is 2.46. The first-order valence-corrected chi connectivity index (χ1v) is 7.25. The Kier molecular flexibility index (Phi) is 4.79. The summed E-state index contributed by atoms with van der Waals surface area (Å²) in [5, 5.41) is 1.90. The van der Waals surface area contributed by atoms with Crippen molar-refractivity contribution in [2.75, 3.05) is 4.90 Å². The highest BCUT2D eigenvalue weighted by Crippen LogP contribution is 2.36. The van der Waals surface area contributed by atoms with Crippen molar-refractivity contribution in [3.8, 4) is 0 Å². The lowest BCUT2D eigenvalue weighted by Crippen LogP contribution is -2.45. The highest BCUT2D eigenvalue weighted by atomic mass is 35.6. The molecule has 2 amide bonds. The molecule has 1 N–H and O–H groups in total. The van der Waals surface area contributed by atoms with Crippen molar-refractivity contribution >= 4 is 64.1 Å². The molecule has 1 aromatic carbocycles. The van der Waals surface area contributed by atoms with E-state index in [4.69, 9.17) is 47.0 Å². The van der Waals surface area contributed by atoms with E-state index in [-0.39, 0.29) is 5.69 Å². The topological polar surface area (TPSA) is 35.6 Å². The number of benzene rings is 1. The molecule has 0 bridgehead atoms. The number of rotatable bonds is 2. The Morgan fingerprint density at radius 2 is 1.73 bits per heavy atom. The number of nitrogens with zero attached hydrogens (tertiary/aromatic N) is 2. The molecule has 1 atom stereocenters. The van der Waals surface area contributed by atoms with Crippen molar-refractivity contribution in [3.63, 3.8) is 0 Å². The van der Waals surface area contributed by atoms with Crippen molar-refractivity contribution in [1.29, 1.82) is 0 Å². The fourth-order valence-electron chi connectivity index (χ4n) is 1.83. The normalized spacial score (nSPS) is 19.7. The minimum absolute atomic E-state index is 0.174. The van der Waals surface area contributed by atoms with Crippen molar-refractivity contribution < 1.29 is 18.0 Å². The fourth-order valence-corrected chi connectivity index (χ4v) is 2.37. The minimum atomic E-state index is -4.47. The van der Waals surface area contributed by atoms with Crippen LogP contribution in [0.2, 0.25) is 0 Å². The lowest BCUT2D eigenvalue weighted by molar-refractivity contribution is -0.137. The number of amides is 2. The van der Waals surface area contributed by atoms with Crippen LogP contribution < -0.4 is 10.3 Å². The largest absolute Gasteiger partial charge is 0.416 e. The summed E-state index contributed by atoms with van der Waals surface area (Å²) in [5.41, 5.74) is 1.89. The molecule has 1 aliphatic heterocycles. The zero-order chi connectivity index (χ0) is 16.7. The summed E-state index contributed by atoms with van der Waals surface area (Å²) >= 11 is 21.7. The molecule has 1 heterocycles. The second-order valence-electron chi connectivity index (χ2n) is 4.21. The third kappa shape index (κ3) is 3.41. The molecule has 1 unspecified atom stereocenters. The van der Waals surface area contributed by atoms with E-state index in [9.17, 15) is 18.0 Å². The van der Waals surface area contributed by atoms with Crippen LogP contribution in [0.4, 0.5) is 23.7 Å². The molecule has 1 aromatic rings. The van der Waals surface area contributed by atoms with Gasteiger partial charge in [-0.3, -0.25) is 4.90 Å². The van der Waals surface area contributed by atoms with E-state index in [0.29, 0.717) is 5.01 Å². The van der Waals surface area contributed by atoms with Gasteiger partial charge in [-0.2, -0.15) is 18.6 Å². The van der Waals surface area contributed by atoms with Gasteiger partial charge in [0.25, 0.3) is 3.92 Å². The molecular weight excluding hydrogens is 386 g/mol. The number of urea groups is 1. The smallest absolute Gasteiger partial charge is 0.271 e. The van der Waals surface area contributed by atoms with Crippen LogP contribution in [-0.4, -0.2) is 26.5 Å². The number of anilines is 1. The Hall–Kier alpha value is -0.800. The van der Waals surface area contributed by atoms with Crippen LogP contribution in [-0.2, 0) is 6.18 Å². The molecule has 0 saturated carbocycles. The summed E-state index contributed by atoms with van der Waals surface area (Å²) in [7, 11) is 0. The summed E-state index contributed by atoms with van der Waals surface area (Å²) < 4.78 is 35.6. The molecule has 1 aliphatic rings. The van der Waals surface area contributed by atoms with Crippen LogP contribution in [0, 0.1) is 0 Å². The predicted molar refractivity (Wildman–Crippen MR) is 82.0 cm³/mol. The van der Waals surface area contributed by atoms with Gasteiger partial charge < -0.3 is 0 Å². The highest BCUT2D eigenvalue weighted by molar-refractivity contribution is 7.79. The number of carbonyl (C=O) groups excluding carboxylic acids is 1. The average Bonchev–Trinajstić information content (AvgIpc) is 2.74. The Balaban J connectivity index is 2.34. The summed E-state index contributed by atoms with van der Waals surface area (Å²) in [5.74, 6) is 0. The number of hydrazine groups is 1. The molecule has 0 aliphatic carbocycles. The first kappa shape index (κ1) is 17.6. The lowest BCUT2D eigenvalue weighted by atomic mass is 10.2. The van der Waals surface area contributed by atoms with Gasteiger partial charge in [0, 0.05) is 11.1 Å². The predicted octanol–water partition coefficient (Wildman–Crippen LogP) is 4.11. The average molecular weight is 393 g/mol. The van der Waals surface area contributed by atoms with E-state index in [1.165, 1.54) is 5.37 Å². The van der Waals surface area contributed by atoms with Gasteiger partial charge in [0.1, 0.15) is 6.17 Å². The van der Waals surface area contributed by atoms with E-state index in [2.05, 4.69) is 5.43 Å². The number of hydrogen-bond acceptors (Lipinski definition) is 3. The van der Waals surface area contributed by atoms with Gasteiger partial charge in [-0.25, -0.2) is 9.80 Å². The van der Waals surface area contributed by atoms with Crippen LogP contribution >= 0.6 is 47.0 Å². The lowest BCUT2D eigenvalue weighted by Gasteiger charge is -2.23.